The molecule has 0 unspecified atom stereocenters. The van der Waals surface area contributed by atoms with Crippen LogP contribution in [0.2, 0.25) is 5.02 Å². The van der Waals surface area contributed by atoms with Gasteiger partial charge in [-0.05, 0) is 31.5 Å². The fraction of sp³-hybridized carbons (Fsp3) is 0.231. The second-order valence-electron chi connectivity index (χ2n) is 4.15. The Labute approximate surface area is 120 Å². The summed E-state index contributed by atoms with van der Waals surface area (Å²) in [6.07, 6.45) is 1.87. The van der Waals surface area contributed by atoms with Gasteiger partial charge in [0, 0.05) is 16.9 Å². The number of nitrogens with zero attached hydrogens (tertiary/aromatic N) is 2. The van der Waals surface area contributed by atoms with E-state index in [0.717, 1.165) is 16.9 Å². The third kappa shape index (κ3) is 3.30. The molecule has 2 rings (SSSR count). The molecule has 0 fully saturated rings. The summed E-state index contributed by atoms with van der Waals surface area (Å²) in [5, 5.41) is 10.1. The SMILES string of the molecule is Cc1cn(-c2ccc(C)c(Cl)c2)c(SCC(=O)O)n1. The van der Waals surface area contributed by atoms with Crippen molar-refractivity contribution >= 4 is 29.3 Å². The van der Waals surface area contributed by atoms with Crippen LogP contribution < -0.4 is 0 Å². The summed E-state index contributed by atoms with van der Waals surface area (Å²) >= 11 is 7.31. The van der Waals surface area contributed by atoms with Gasteiger partial charge in [0.2, 0.25) is 0 Å². The molecule has 0 saturated heterocycles. The fourth-order valence-corrected chi connectivity index (χ4v) is 2.55. The van der Waals surface area contributed by atoms with Crippen molar-refractivity contribution in [3.8, 4) is 5.69 Å². The molecule has 0 saturated carbocycles. The highest BCUT2D eigenvalue weighted by Gasteiger charge is 2.11. The number of thioether (sulfide) groups is 1. The minimum atomic E-state index is -0.862. The summed E-state index contributed by atoms with van der Waals surface area (Å²) in [6, 6.07) is 5.72. The number of halogens is 1. The van der Waals surface area contributed by atoms with Gasteiger partial charge in [-0.1, -0.05) is 29.4 Å². The molecule has 1 N–H and O–H groups in total. The zero-order valence-corrected chi connectivity index (χ0v) is 12.1. The third-order valence-electron chi connectivity index (χ3n) is 2.55. The standard InChI is InChI=1S/C13H13ClN2O2S/c1-8-3-4-10(5-11(8)14)16-6-9(2)15-13(16)19-7-12(17)18/h3-6H,7H2,1-2H3,(H,17,18). The molecule has 2 aromatic rings. The molecule has 0 bridgehead atoms. The van der Waals surface area contributed by atoms with Crippen molar-refractivity contribution in [3.63, 3.8) is 0 Å². The molecular weight excluding hydrogens is 284 g/mol. The van der Waals surface area contributed by atoms with Crippen LogP contribution >= 0.6 is 23.4 Å². The normalized spacial score (nSPS) is 10.7. The average molecular weight is 297 g/mol. The Morgan fingerprint density at radius 3 is 2.84 bits per heavy atom. The van der Waals surface area contributed by atoms with Crippen molar-refractivity contribution in [1.82, 2.24) is 9.55 Å². The van der Waals surface area contributed by atoms with Gasteiger partial charge in [0.25, 0.3) is 0 Å². The first-order chi connectivity index (χ1) is 8.97. The number of aryl methyl sites for hydroxylation is 2. The molecule has 1 aromatic carbocycles. The van der Waals surface area contributed by atoms with Crippen molar-refractivity contribution in [1.29, 1.82) is 0 Å². The van der Waals surface area contributed by atoms with Crippen LogP contribution in [-0.4, -0.2) is 26.4 Å². The molecule has 0 radical (unpaired) electrons. The van der Waals surface area contributed by atoms with E-state index in [9.17, 15) is 4.79 Å². The third-order valence-corrected chi connectivity index (χ3v) is 3.90. The largest absolute Gasteiger partial charge is 0.481 e. The molecule has 6 heteroatoms. The van der Waals surface area contributed by atoms with Crippen LogP contribution in [0, 0.1) is 13.8 Å². The number of carboxylic acid groups (broad SMARTS) is 1. The van der Waals surface area contributed by atoms with Crippen LogP contribution in [0.25, 0.3) is 5.69 Å². The topological polar surface area (TPSA) is 55.1 Å². The average Bonchev–Trinajstić information content (AvgIpc) is 2.71. The highest BCUT2D eigenvalue weighted by atomic mass is 35.5. The quantitative estimate of drug-likeness (QED) is 0.879. The molecule has 0 amide bonds. The highest BCUT2D eigenvalue weighted by Crippen LogP contribution is 2.25. The monoisotopic (exact) mass is 296 g/mol. The lowest BCUT2D eigenvalue weighted by atomic mass is 10.2. The molecule has 0 aliphatic rings. The van der Waals surface area contributed by atoms with E-state index < -0.39 is 5.97 Å². The van der Waals surface area contributed by atoms with Crippen molar-refractivity contribution in [2.45, 2.75) is 19.0 Å². The molecule has 0 aliphatic heterocycles. The number of rotatable bonds is 4. The number of imidazole rings is 1. The van der Waals surface area contributed by atoms with Gasteiger partial charge >= 0.3 is 5.97 Å². The minimum absolute atomic E-state index is 0.0178. The number of carboxylic acids is 1. The van der Waals surface area contributed by atoms with Crippen LogP contribution in [0.5, 0.6) is 0 Å². The molecule has 19 heavy (non-hydrogen) atoms. The molecule has 1 heterocycles. The van der Waals surface area contributed by atoms with Gasteiger partial charge in [-0.15, -0.1) is 0 Å². The Kier molecular flexibility index (Phi) is 4.17. The van der Waals surface area contributed by atoms with E-state index in [0.29, 0.717) is 10.2 Å². The molecule has 0 spiro atoms. The summed E-state index contributed by atoms with van der Waals surface area (Å²) in [7, 11) is 0. The zero-order chi connectivity index (χ0) is 14.0. The summed E-state index contributed by atoms with van der Waals surface area (Å²) in [5.41, 5.74) is 2.72. The van der Waals surface area contributed by atoms with Crippen molar-refractivity contribution < 1.29 is 9.90 Å². The van der Waals surface area contributed by atoms with Crippen molar-refractivity contribution in [2.75, 3.05) is 5.75 Å². The summed E-state index contributed by atoms with van der Waals surface area (Å²) in [5.74, 6) is -0.880. The van der Waals surface area contributed by atoms with E-state index in [1.54, 1.807) is 0 Å². The maximum atomic E-state index is 10.6. The van der Waals surface area contributed by atoms with Crippen LogP contribution in [0.1, 0.15) is 11.3 Å². The van der Waals surface area contributed by atoms with Gasteiger partial charge in [-0.3, -0.25) is 9.36 Å². The van der Waals surface area contributed by atoms with Gasteiger partial charge in [0.1, 0.15) is 0 Å². The first-order valence-corrected chi connectivity index (χ1v) is 7.01. The molecule has 0 aliphatic carbocycles. The van der Waals surface area contributed by atoms with Gasteiger partial charge in [-0.25, -0.2) is 4.98 Å². The predicted octanol–water partition coefficient (Wildman–Crippen LogP) is 3.32. The highest BCUT2D eigenvalue weighted by molar-refractivity contribution is 7.99. The van der Waals surface area contributed by atoms with Crippen LogP contribution in [0.3, 0.4) is 0 Å². The van der Waals surface area contributed by atoms with E-state index in [1.807, 2.05) is 42.8 Å². The molecular formula is C13H13ClN2O2S. The Morgan fingerprint density at radius 2 is 2.21 bits per heavy atom. The van der Waals surface area contributed by atoms with E-state index in [-0.39, 0.29) is 5.75 Å². The Balaban J connectivity index is 2.37. The number of aromatic nitrogens is 2. The summed E-state index contributed by atoms with van der Waals surface area (Å²) < 4.78 is 1.86. The predicted molar refractivity (Wildman–Crippen MR) is 76.4 cm³/mol. The van der Waals surface area contributed by atoms with Crippen molar-refractivity contribution in [3.05, 3.63) is 40.7 Å². The Bertz CT molecular complexity index is 625. The summed E-state index contributed by atoms with van der Waals surface area (Å²) in [6.45, 7) is 3.81. The first-order valence-electron chi connectivity index (χ1n) is 5.64. The van der Waals surface area contributed by atoms with Crippen LogP contribution in [-0.2, 0) is 4.79 Å². The Hall–Kier alpha value is -1.46. The lowest BCUT2D eigenvalue weighted by Gasteiger charge is -2.08. The second kappa shape index (κ2) is 5.67. The maximum Gasteiger partial charge on any atom is 0.313 e. The van der Waals surface area contributed by atoms with E-state index >= 15 is 0 Å². The molecule has 4 nitrogen and oxygen atoms in total. The van der Waals surface area contributed by atoms with Crippen LogP contribution in [0.4, 0.5) is 0 Å². The maximum absolute atomic E-state index is 10.6. The number of hydrogen-bond donors (Lipinski definition) is 1. The van der Waals surface area contributed by atoms with Gasteiger partial charge in [0.15, 0.2) is 5.16 Å². The number of benzene rings is 1. The smallest absolute Gasteiger partial charge is 0.313 e. The summed E-state index contributed by atoms with van der Waals surface area (Å²) in [4.78, 5) is 15.0. The number of aliphatic carboxylic acids is 1. The first kappa shape index (κ1) is 14.0. The van der Waals surface area contributed by atoms with Crippen molar-refractivity contribution in [2.24, 2.45) is 0 Å². The molecule has 100 valence electrons. The van der Waals surface area contributed by atoms with E-state index in [4.69, 9.17) is 16.7 Å². The van der Waals surface area contributed by atoms with E-state index in [1.165, 1.54) is 11.8 Å². The molecule has 0 atom stereocenters. The fourth-order valence-electron chi connectivity index (χ4n) is 1.62. The number of hydrogen-bond acceptors (Lipinski definition) is 3. The van der Waals surface area contributed by atoms with Crippen LogP contribution in [0.15, 0.2) is 29.6 Å². The minimum Gasteiger partial charge on any atom is -0.481 e. The van der Waals surface area contributed by atoms with Gasteiger partial charge < -0.3 is 5.11 Å². The van der Waals surface area contributed by atoms with E-state index in [2.05, 4.69) is 4.98 Å². The lowest BCUT2D eigenvalue weighted by molar-refractivity contribution is -0.133. The number of carbonyl (C=O) groups is 1. The Morgan fingerprint density at radius 1 is 1.47 bits per heavy atom. The lowest BCUT2D eigenvalue weighted by Crippen LogP contribution is -2.01. The van der Waals surface area contributed by atoms with Gasteiger partial charge in [0.05, 0.1) is 11.4 Å². The molecule has 1 aromatic heterocycles. The zero-order valence-electron chi connectivity index (χ0n) is 10.6. The second-order valence-corrected chi connectivity index (χ2v) is 5.50. The van der Waals surface area contributed by atoms with Gasteiger partial charge in [-0.2, -0.15) is 0 Å².